The van der Waals surface area contributed by atoms with Crippen molar-refractivity contribution in [3.8, 4) is 17.4 Å². The standard InChI is InChI=1S/C11H13N5O/c1-3-7-4-9(12)16-11(15-7)8-5-10(17-2)14-6-13-8/h4-6H,3H2,1-2H3,(H2,12,15,16). The molecule has 0 spiro atoms. The van der Waals surface area contributed by atoms with Gasteiger partial charge in [-0.05, 0) is 6.42 Å². The van der Waals surface area contributed by atoms with Gasteiger partial charge < -0.3 is 10.5 Å². The normalized spacial score (nSPS) is 10.2. The summed E-state index contributed by atoms with van der Waals surface area (Å²) in [5, 5.41) is 0. The highest BCUT2D eigenvalue weighted by Crippen LogP contribution is 2.17. The topological polar surface area (TPSA) is 86.8 Å². The monoisotopic (exact) mass is 231 g/mol. The maximum absolute atomic E-state index is 5.72. The van der Waals surface area contributed by atoms with Crippen LogP contribution in [0.15, 0.2) is 18.5 Å². The Morgan fingerprint density at radius 3 is 2.76 bits per heavy atom. The molecular weight excluding hydrogens is 218 g/mol. The fourth-order valence-corrected chi connectivity index (χ4v) is 1.39. The molecule has 0 unspecified atom stereocenters. The molecule has 0 atom stereocenters. The number of ether oxygens (including phenoxy) is 1. The first-order chi connectivity index (χ1) is 8.22. The van der Waals surface area contributed by atoms with Crippen molar-refractivity contribution in [2.75, 3.05) is 12.8 Å². The molecule has 0 aromatic carbocycles. The van der Waals surface area contributed by atoms with Crippen LogP contribution in [0.2, 0.25) is 0 Å². The molecule has 0 radical (unpaired) electrons. The predicted molar refractivity (Wildman–Crippen MR) is 63.4 cm³/mol. The highest BCUT2D eigenvalue weighted by atomic mass is 16.5. The Kier molecular flexibility index (Phi) is 3.13. The van der Waals surface area contributed by atoms with Gasteiger partial charge in [0.1, 0.15) is 17.8 Å². The largest absolute Gasteiger partial charge is 0.481 e. The average Bonchev–Trinajstić information content (AvgIpc) is 2.38. The van der Waals surface area contributed by atoms with Gasteiger partial charge in [-0.3, -0.25) is 0 Å². The van der Waals surface area contributed by atoms with Gasteiger partial charge in [-0.15, -0.1) is 0 Å². The van der Waals surface area contributed by atoms with Crippen LogP contribution in [0.1, 0.15) is 12.6 Å². The van der Waals surface area contributed by atoms with Gasteiger partial charge in [-0.25, -0.2) is 19.9 Å². The van der Waals surface area contributed by atoms with Crippen LogP contribution >= 0.6 is 0 Å². The van der Waals surface area contributed by atoms with Crippen molar-refractivity contribution >= 4 is 5.82 Å². The van der Waals surface area contributed by atoms with Crippen molar-refractivity contribution in [1.29, 1.82) is 0 Å². The van der Waals surface area contributed by atoms with E-state index in [2.05, 4.69) is 19.9 Å². The van der Waals surface area contributed by atoms with Crippen molar-refractivity contribution in [1.82, 2.24) is 19.9 Å². The van der Waals surface area contributed by atoms with Crippen LogP contribution < -0.4 is 10.5 Å². The first kappa shape index (κ1) is 11.3. The van der Waals surface area contributed by atoms with Gasteiger partial charge in [0.05, 0.1) is 7.11 Å². The first-order valence-corrected chi connectivity index (χ1v) is 5.22. The second kappa shape index (κ2) is 4.73. The van der Waals surface area contributed by atoms with E-state index in [0.717, 1.165) is 12.1 Å². The van der Waals surface area contributed by atoms with Crippen LogP contribution in [0, 0.1) is 0 Å². The maximum Gasteiger partial charge on any atom is 0.216 e. The Morgan fingerprint density at radius 2 is 2.06 bits per heavy atom. The third kappa shape index (κ3) is 2.47. The van der Waals surface area contributed by atoms with E-state index in [0.29, 0.717) is 23.2 Å². The van der Waals surface area contributed by atoms with Crippen LogP contribution in [0.5, 0.6) is 5.88 Å². The minimum Gasteiger partial charge on any atom is -0.481 e. The summed E-state index contributed by atoms with van der Waals surface area (Å²) >= 11 is 0. The summed E-state index contributed by atoms with van der Waals surface area (Å²) in [6, 6.07) is 3.43. The highest BCUT2D eigenvalue weighted by Gasteiger charge is 2.07. The lowest BCUT2D eigenvalue weighted by Gasteiger charge is -2.04. The van der Waals surface area contributed by atoms with Gasteiger partial charge in [0.15, 0.2) is 5.82 Å². The fourth-order valence-electron chi connectivity index (χ4n) is 1.39. The maximum atomic E-state index is 5.72. The number of anilines is 1. The molecule has 0 aliphatic rings. The number of nitrogen functional groups attached to an aromatic ring is 1. The van der Waals surface area contributed by atoms with Crippen LogP contribution in [-0.2, 0) is 6.42 Å². The molecule has 0 bridgehead atoms. The zero-order chi connectivity index (χ0) is 12.3. The molecule has 2 heterocycles. The summed E-state index contributed by atoms with van der Waals surface area (Å²) in [5.74, 6) is 1.39. The van der Waals surface area contributed by atoms with Crippen molar-refractivity contribution in [3.63, 3.8) is 0 Å². The average molecular weight is 231 g/mol. The van der Waals surface area contributed by atoms with E-state index in [4.69, 9.17) is 10.5 Å². The second-order valence-corrected chi connectivity index (χ2v) is 3.41. The third-order valence-corrected chi connectivity index (χ3v) is 2.24. The lowest BCUT2D eigenvalue weighted by Crippen LogP contribution is -2.01. The Morgan fingerprint density at radius 1 is 1.24 bits per heavy atom. The van der Waals surface area contributed by atoms with Crippen molar-refractivity contribution in [3.05, 3.63) is 24.2 Å². The highest BCUT2D eigenvalue weighted by molar-refractivity contribution is 5.53. The molecule has 0 amide bonds. The molecule has 2 aromatic rings. The van der Waals surface area contributed by atoms with E-state index in [1.165, 1.54) is 6.33 Å². The first-order valence-electron chi connectivity index (χ1n) is 5.22. The Labute approximate surface area is 98.9 Å². The quantitative estimate of drug-likeness (QED) is 0.850. The van der Waals surface area contributed by atoms with E-state index in [9.17, 15) is 0 Å². The molecular formula is C11H13N5O. The molecule has 0 fully saturated rings. The summed E-state index contributed by atoms with van der Waals surface area (Å²) in [7, 11) is 1.55. The minimum absolute atomic E-state index is 0.435. The van der Waals surface area contributed by atoms with Crippen LogP contribution in [0.3, 0.4) is 0 Å². The van der Waals surface area contributed by atoms with Crippen LogP contribution in [0.25, 0.3) is 11.5 Å². The molecule has 2 N–H and O–H groups in total. The van der Waals surface area contributed by atoms with Crippen molar-refractivity contribution < 1.29 is 4.74 Å². The summed E-state index contributed by atoms with van der Waals surface area (Å²) in [4.78, 5) is 16.5. The molecule has 6 nitrogen and oxygen atoms in total. The van der Waals surface area contributed by atoms with E-state index >= 15 is 0 Å². The van der Waals surface area contributed by atoms with Gasteiger partial charge in [-0.2, -0.15) is 0 Å². The van der Waals surface area contributed by atoms with E-state index in [1.54, 1.807) is 19.2 Å². The molecule has 2 rings (SSSR count). The van der Waals surface area contributed by atoms with Gasteiger partial charge in [-0.1, -0.05) is 6.92 Å². The molecule has 0 saturated carbocycles. The lowest BCUT2D eigenvalue weighted by molar-refractivity contribution is 0.397. The minimum atomic E-state index is 0.435. The smallest absolute Gasteiger partial charge is 0.216 e. The number of nitrogens with zero attached hydrogens (tertiary/aromatic N) is 4. The number of aryl methyl sites for hydroxylation is 1. The number of nitrogens with two attached hydrogens (primary N) is 1. The zero-order valence-electron chi connectivity index (χ0n) is 9.71. The van der Waals surface area contributed by atoms with E-state index in [-0.39, 0.29) is 0 Å². The summed E-state index contributed by atoms with van der Waals surface area (Å²) in [6.07, 6.45) is 2.20. The van der Waals surface area contributed by atoms with Crippen LogP contribution in [-0.4, -0.2) is 27.0 Å². The Bertz CT molecular complexity index is 529. The molecule has 17 heavy (non-hydrogen) atoms. The second-order valence-electron chi connectivity index (χ2n) is 3.41. The number of aromatic nitrogens is 4. The van der Waals surface area contributed by atoms with Crippen LogP contribution in [0.4, 0.5) is 5.82 Å². The third-order valence-electron chi connectivity index (χ3n) is 2.24. The summed E-state index contributed by atoms with van der Waals surface area (Å²) in [5.41, 5.74) is 7.19. The Hall–Kier alpha value is -2.24. The lowest BCUT2D eigenvalue weighted by atomic mass is 10.3. The molecule has 6 heteroatoms. The molecule has 88 valence electrons. The van der Waals surface area contributed by atoms with Gasteiger partial charge in [0, 0.05) is 17.8 Å². The fraction of sp³-hybridized carbons (Fsp3) is 0.273. The summed E-state index contributed by atoms with van der Waals surface area (Å²) in [6.45, 7) is 2.01. The van der Waals surface area contributed by atoms with E-state index < -0.39 is 0 Å². The predicted octanol–water partition coefficient (Wildman–Crippen LogP) is 1.09. The van der Waals surface area contributed by atoms with Gasteiger partial charge in [0.25, 0.3) is 0 Å². The zero-order valence-corrected chi connectivity index (χ0v) is 9.71. The van der Waals surface area contributed by atoms with Gasteiger partial charge in [0.2, 0.25) is 5.88 Å². The van der Waals surface area contributed by atoms with Gasteiger partial charge >= 0.3 is 0 Å². The number of methoxy groups -OCH3 is 1. The van der Waals surface area contributed by atoms with Crippen molar-refractivity contribution in [2.45, 2.75) is 13.3 Å². The molecule has 2 aromatic heterocycles. The summed E-state index contributed by atoms with van der Waals surface area (Å²) < 4.78 is 5.03. The molecule has 0 aliphatic carbocycles. The number of rotatable bonds is 3. The van der Waals surface area contributed by atoms with E-state index in [1.807, 2.05) is 6.92 Å². The Balaban J connectivity index is 2.47. The molecule has 0 saturated heterocycles. The van der Waals surface area contributed by atoms with Crippen molar-refractivity contribution in [2.24, 2.45) is 0 Å². The number of hydrogen-bond acceptors (Lipinski definition) is 6. The SMILES string of the molecule is CCc1cc(N)nc(-c2cc(OC)ncn2)n1. The number of hydrogen-bond donors (Lipinski definition) is 1. The molecule has 0 aliphatic heterocycles.